The molecule has 3 aromatic rings. The third-order valence-corrected chi connectivity index (χ3v) is 4.12. The monoisotopic (exact) mass is 393 g/mol. The highest BCUT2D eigenvalue weighted by Gasteiger charge is 2.09. The van der Waals surface area contributed by atoms with Gasteiger partial charge in [0, 0.05) is 48.4 Å². The molecule has 0 aliphatic rings. The molecule has 9 heteroatoms. The van der Waals surface area contributed by atoms with E-state index in [1.54, 1.807) is 24.5 Å². The van der Waals surface area contributed by atoms with E-state index >= 15 is 0 Å². The van der Waals surface area contributed by atoms with Gasteiger partial charge in [0.15, 0.2) is 0 Å². The number of anilines is 3. The highest BCUT2D eigenvalue weighted by molar-refractivity contribution is 5.67. The lowest BCUT2D eigenvalue weighted by atomic mass is 10.2. The predicted molar refractivity (Wildman–Crippen MR) is 113 cm³/mol. The molecule has 1 aromatic carbocycles. The topological polar surface area (TPSA) is 109 Å². The number of nitrogens with zero attached hydrogens (tertiary/aromatic N) is 5. The SMILES string of the molecule is CN(C)CCCNc1nc(Nc2ccc([N+](=O)[O-])cc2)cc(-c2ccncc2)n1. The number of nitro benzene ring substituents is 1. The van der Waals surface area contributed by atoms with Crippen LogP contribution in [0.15, 0.2) is 54.9 Å². The predicted octanol–water partition coefficient (Wildman–Crippen LogP) is 3.55. The van der Waals surface area contributed by atoms with Gasteiger partial charge in [-0.2, -0.15) is 4.98 Å². The average Bonchev–Trinajstić information content (AvgIpc) is 2.72. The maximum Gasteiger partial charge on any atom is 0.269 e. The van der Waals surface area contributed by atoms with Gasteiger partial charge in [-0.05, 0) is 51.3 Å². The van der Waals surface area contributed by atoms with Gasteiger partial charge in [0.2, 0.25) is 5.95 Å². The van der Waals surface area contributed by atoms with Crippen molar-refractivity contribution in [1.29, 1.82) is 0 Å². The van der Waals surface area contributed by atoms with E-state index in [9.17, 15) is 10.1 Å². The van der Waals surface area contributed by atoms with E-state index < -0.39 is 4.92 Å². The number of nitro groups is 1. The smallest absolute Gasteiger partial charge is 0.269 e. The minimum Gasteiger partial charge on any atom is -0.354 e. The molecular weight excluding hydrogens is 370 g/mol. The van der Waals surface area contributed by atoms with Gasteiger partial charge in [-0.3, -0.25) is 15.1 Å². The van der Waals surface area contributed by atoms with Gasteiger partial charge in [0.25, 0.3) is 5.69 Å². The Balaban J connectivity index is 1.82. The molecule has 0 radical (unpaired) electrons. The van der Waals surface area contributed by atoms with Crippen LogP contribution in [0.25, 0.3) is 11.3 Å². The molecule has 0 amide bonds. The van der Waals surface area contributed by atoms with Gasteiger partial charge in [-0.15, -0.1) is 0 Å². The van der Waals surface area contributed by atoms with Crippen LogP contribution >= 0.6 is 0 Å². The number of pyridine rings is 1. The molecule has 0 fully saturated rings. The number of hydrogen-bond acceptors (Lipinski definition) is 8. The maximum absolute atomic E-state index is 10.8. The minimum atomic E-state index is -0.425. The lowest BCUT2D eigenvalue weighted by Crippen LogP contribution is -2.17. The summed E-state index contributed by atoms with van der Waals surface area (Å²) in [5.74, 6) is 1.11. The second kappa shape index (κ2) is 9.56. The summed E-state index contributed by atoms with van der Waals surface area (Å²) in [6.07, 6.45) is 4.39. The zero-order valence-corrected chi connectivity index (χ0v) is 16.4. The molecule has 9 nitrogen and oxygen atoms in total. The van der Waals surface area contributed by atoms with E-state index in [4.69, 9.17) is 0 Å². The molecule has 2 N–H and O–H groups in total. The normalized spacial score (nSPS) is 10.7. The number of hydrogen-bond donors (Lipinski definition) is 2. The Hall–Kier alpha value is -3.59. The number of aromatic nitrogens is 3. The first-order valence-electron chi connectivity index (χ1n) is 9.21. The standard InChI is InChI=1S/C20H23N7O2/c1-26(2)13-3-10-22-20-24-18(15-8-11-21-12-9-15)14-19(25-20)23-16-4-6-17(7-5-16)27(28)29/h4-9,11-12,14H,3,10,13H2,1-2H3,(H2,22,23,24,25). The summed E-state index contributed by atoms with van der Waals surface area (Å²) in [6.45, 7) is 1.71. The van der Waals surface area contributed by atoms with Gasteiger partial charge in [0.1, 0.15) is 5.82 Å². The molecule has 0 atom stereocenters. The second-order valence-electron chi connectivity index (χ2n) is 6.71. The second-order valence-corrected chi connectivity index (χ2v) is 6.71. The summed E-state index contributed by atoms with van der Waals surface area (Å²) >= 11 is 0. The van der Waals surface area contributed by atoms with E-state index in [-0.39, 0.29) is 5.69 Å². The molecule has 0 spiro atoms. The molecule has 150 valence electrons. The highest BCUT2D eigenvalue weighted by atomic mass is 16.6. The molecule has 2 aromatic heterocycles. The highest BCUT2D eigenvalue weighted by Crippen LogP contribution is 2.24. The summed E-state index contributed by atoms with van der Waals surface area (Å²) in [6, 6.07) is 11.8. The third-order valence-electron chi connectivity index (χ3n) is 4.12. The summed E-state index contributed by atoms with van der Waals surface area (Å²) < 4.78 is 0. The number of non-ortho nitro benzene ring substituents is 1. The molecule has 3 rings (SSSR count). The Labute approximate surface area is 169 Å². The van der Waals surface area contributed by atoms with Crippen molar-refractivity contribution >= 4 is 23.1 Å². The third kappa shape index (κ3) is 5.94. The molecular formula is C20H23N7O2. The van der Waals surface area contributed by atoms with Crippen molar-refractivity contribution in [2.45, 2.75) is 6.42 Å². The Bertz CT molecular complexity index is 947. The lowest BCUT2D eigenvalue weighted by Gasteiger charge is -2.13. The van der Waals surface area contributed by atoms with Crippen LogP contribution in [0.3, 0.4) is 0 Å². The molecule has 0 aliphatic heterocycles. The minimum absolute atomic E-state index is 0.0407. The fourth-order valence-corrected chi connectivity index (χ4v) is 2.67. The molecule has 0 saturated carbocycles. The van der Waals surface area contributed by atoms with Crippen molar-refractivity contribution < 1.29 is 4.92 Å². The Kier molecular flexibility index (Phi) is 6.64. The van der Waals surface area contributed by atoms with Crippen molar-refractivity contribution in [3.8, 4) is 11.3 Å². The van der Waals surface area contributed by atoms with Crippen molar-refractivity contribution in [2.75, 3.05) is 37.8 Å². The number of benzene rings is 1. The lowest BCUT2D eigenvalue weighted by molar-refractivity contribution is -0.384. The Morgan fingerprint density at radius 2 is 1.79 bits per heavy atom. The van der Waals surface area contributed by atoms with Crippen molar-refractivity contribution in [3.05, 3.63) is 65.0 Å². The summed E-state index contributed by atoms with van der Waals surface area (Å²) in [7, 11) is 4.07. The van der Waals surface area contributed by atoms with Crippen molar-refractivity contribution in [2.24, 2.45) is 0 Å². The van der Waals surface area contributed by atoms with Gasteiger partial charge in [-0.1, -0.05) is 0 Å². The van der Waals surface area contributed by atoms with Crippen LogP contribution in [-0.2, 0) is 0 Å². The van der Waals surface area contributed by atoms with Crippen LogP contribution < -0.4 is 10.6 Å². The van der Waals surface area contributed by atoms with E-state index in [0.29, 0.717) is 17.5 Å². The van der Waals surface area contributed by atoms with Crippen LogP contribution in [0.4, 0.5) is 23.1 Å². The zero-order valence-electron chi connectivity index (χ0n) is 16.4. The first-order valence-corrected chi connectivity index (χ1v) is 9.21. The molecule has 0 saturated heterocycles. The van der Waals surface area contributed by atoms with Crippen LogP contribution in [-0.4, -0.2) is 52.0 Å². The van der Waals surface area contributed by atoms with Gasteiger partial charge >= 0.3 is 0 Å². The first kappa shape index (κ1) is 20.2. The van der Waals surface area contributed by atoms with E-state index in [1.807, 2.05) is 32.3 Å². The van der Waals surface area contributed by atoms with Gasteiger partial charge in [0.05, 0.1) is 10.6 Å². The average molecular weight is 393 g/mol. The number of nitrogens with one attached hydrogen (secondary N) is 2. The van der Waals surface area contributed by atoms with Gasteiger partial charge in [-0.25, -0.2) is 4.98 Å². The quantitative estimate of drug-likeness (QED) is 0.323. The van der Waals surface area contributed by atoms with E-state index in [0.717, 1.165) is 30.8 Å². The summed E-state index contributed by atoms with van der Waals surface area (Å²) in [5.41, 5.74) is 2.42. The van der Waals surface area contributed by atoms with Crippen molar-refractivity contribution in [3.63, 3.8) is 0 Å². The number of rotatable bonds is 9. The van der Waals surface area contributed by atoms with Crippen LogP contribution in [0.1, 0.15) is 6.42 Å². The molecule has 2 heterocycles. The Morgan fingerprint density at radius 3 is 2.45 bits per heavy atom. The van der Waals surface area contributed by atoms with E-state index in [2.05, 4.69) is 30.5 Å². The van der Waals surface area contributed by atoms with Crippen LogP contribution in [0.2, 0.25) is 0 Å². The first-order chi connectivity index (χ1) is 14.0. The zero-order chi connectivity index (χ0) is 20.6. The fourth-order valence-electron chi connectivity index (χ4n) is 2.67. The van der Waals surface area contributed by atoms with Crippen LogP contribution in [0, 0.1) is 10.1 Å². The Morgan fingerprint density at radius 1 is 1.07 bits per heavy atom. The molecule has 0 aliphatic carbocycles. The fraction of sp³-hybridized carbons (Fsp3) is 0.250. The summed E-state index contributed by atoms with van der Waals surface area (Å²) in [5, 5.41) is 17.3. The van der Waals surface area contributed by atoms with Gasteiger partial charge < -0.3 is 15.5 Å². The van der Waals surface area contributed by atoms with Crippen LogP contribution in [0.5, 0.6) is 0 Å². The molecule has 0 unspecified atom stereocenters. The maximum atomic E-state index is 10.8. The summed E-state index contributed by atoms with van der Waals surface area (Å²) in [4.78, 5) is 25.7. The van der Waals surface area contributed by atoms with Crippen molar-refractivity contribution in [1.82, 2.24) is 19.9 Å². The largest absolute Gasteiger partial charge is 0.354 e. The molecule has 29 heavy (non-hydrogen) atoms. The molecule has 0 bridgehead atoms. The van der Waals surface area contributed by atoms with E-state index in [1.165, 1.54) is 12.1 Å².